The lowest BCUT2D eigenvalue weighted by Crippen LogP contribution is -2.31. The van der Waals surface area contributed by atoms with Crippen molar-refractivity contribution in [3.63, 3.8) is 0 Å². The predicted octanol–water partition coefficient (Wildman–Crippen LogP) is 3.54. The monoisotopic (exact) mass is 255 g/mol. The minimum Gasteiger partial charge on any atom is -0.349 e. The molecule has 0 saturated heterocycles. The first-order chi connectivity index (χ1) is 9.33. The van der Waals surface area contributed by atoms with Crippen molar-refractivity contribution in [3.05, 3.63) is 47.5 Å². The molecule has 0 unspecified atom stereocenters. The standard InChI is InChI=1S/C17H21NO/c19-17(12-13-6-1-2-7-13)18-16-11-5-9-14-8-3-4-10-15(14)16/h1,3-4,6,8,10,13,16H,2,5,7,9,11-12H2,(H,18,19)/t13-,16-/m0/s1. The molecule has 2 aliphatic rings. The zero-order valence-corrected chi connectivity index (χ0v) is 11.3. The van der Waals surface area contributed by atoms with Gasteiger partial charge in [-0.2, -0.15) is 0 Å². The first-order valence-electron chi connectivity index (χ1n) is 7.37. The van der Waals surface area contributed by atoms with Gasteiger partial charge < -0.3 is 5.32 Å². The average molecular weight is 255 g/mol. The van der Waals surface area contributed by atoms with Crippen molar-refractivity contribution in [3.8, 4) is 0 Å². The Hall–Kier alpha value is -1.57. The number of carbonyl (C=O) groups excluding carboxylic acids is 1. The number of benzene rings is 1. The summed E-state index contributed by atoms with van der Waals surface area (Å²) < 4.78 is 0. The summed E-state index contributed by atoms with van der Waals surface area (Å²) in [5.74, 6) is 0.664. The molecule has 0 aromatic heterocycles. The molecule has 3 rings (SSSR count). The summed E-state index contributed by atoms with van der Waals surface area (Å²) in [4.78, 5) is 12.1. The molecule has 2 aliphatic carbocycles. The molecule has 0 bridgehead atoms. The fraction of sp³-hybridized carbons (Fsp3) is 0.471. The highest BCUT2D eigenvalue weighted by Gasteiger charge is 2.22. The molecule has 1 aromatic rings. The summed E-state index contributed by atoms with van der Waals surface area (Å²) in [5.41, 5.74) is 2.73. The van der Waals surface area contributed by atoms with Crippen LogP contribution in [-0.4, -0.2) is 5.91 Å². The van der Waals surface area contributed by atoms with Crippen LogP contribution in [0, 0.1) is 5.92 Å². The van der Waals surface area contributed by atoms with Crippen LogP contribution in [0.1, 0.15) is 49.3 Å². The summed E-state index contributed by atoms with van der Waals surface area (Å²) in [7, 11) is 0. The lowest BCUT2D eigenvalue weighted by atomic mass is 9.87. The van der Waals surface area contributed by atoms with E-state index in [9.17, 15) is 4.79 Å². The molecule has 1 amide bonds. The van der Waals surface area contributed by atoms with Crippen LogP contribution in [0.15, 0.2) is 36.4 Å². The van der Waals surface area contributed by atoms with Crippen LogP contribution in [0.25, 0.3) is 0 Å². The predicted molar refractivity (Wildman–Crippen MR) is 76.7 cm³/mol. The largest absolute Gasteiger partial charge is 0.349 e. The van der Waals surface area contributed by atoms with E-state index in [4.69, 9.17) is 0 Å². The van der Waals surface area contributed by atoms with E-state index in [1.165, 1.54) is 17.5 Å². The number of hydrogen-bond donors (Lipinski definition) is 1. The number of aryl methyl sites for hydroxylation is 1. The second-order valence-corrected chi connectivity index (χ2v) is 5.68. The third-order valence-electron chi connectivity index (χ3n) is 4.26. The summed E-state index contributed by atoms with van der Waals surface area (Å²) in [5, 5.41) is 3.23. The zero-order chi connectivity index (χ0) is 13.1. The van der Waals surface area contributed by atoms with E-state index in [2.05, 4.69) is 41.7 Å². The average Bonchev–Trinajstić information content (AvgIpc) is 2.92. The topological polar surface area (TPSA) is 29.1 Å². The second-order valence-electron chi connectivity index (χ2n) is 5.68. The Morgan fingerprint density at radius 3 is 3.00 bits per heavy atom. The first-order valence-corrected chi connectivity index (χ1v) is 7.37. The Kier molecular flexibility index (Phi) is 3.67. The zero-order valence-electron chi connectivity index (χ0n) is 11.3. The number of nitrogens with one attached hydrogen (secondary N) is 1. The normalized spacial score (nSPS) is 25.1. The fourth-order valence-electron chi connectivity index (χ4n) is 3.26. The minimum atomic E-state index is 0.207. The first kappa shape index (κ1) is 12.5. The Morgan fingerprint density at radius 2 is 2.16 bits per heavy atom. The smallest absolute Gasteiger partial charge is 0.221 e. The van der Waals surface area contributed by atoms with E-state index < -0.39 is 0 Å². The van der Waals surface area contributed by atoms with Gasteiger partial charge in [0.2, 0.25) is 5.91 Å². The third kappa shape index (κ3) is 2.89. The third-order valence-corrected chi connectivity index (χ3v) is 4.26. The number of carbonyl (C=O) groups is 1. The number of fused-ring (bicyclic) bond motifs is 1. The van der Waals surface area contributed by atoms with Crippen molar-refractivity contribution in [2.45, 2.75) is 44.6 Å². The van der Waals surface area contributed by atoms with Crippen molar-refractivity contribution >= 4 is 5.91 Å². The Labute approximate surface area is 114 Å². The van der Waals surface area contributed by atoms with Crippen LogP contribution in [0.4, 0.5) is 0 Å². The minimum absolute atomic E-state index is 0.207. The number of rotatable bonds is 3. The van der Waals surface area contributed by atoms with Crippen molar-refractivity contribution < 1.29 is 4.79 Å². The maximum Gasteiger partial charge on any atom is 0.221 e. The summed E-state index contributed by atoms with van der Waals surface area (Å²) in [6.07, 6.45) is 10.7. The van der Waals surface area contributed by atoms with Crippen LogP contribution in [-0.2, 0) is 11.2 Å². The van der Waals surface area contributed by atoms with E-state index in [0.717, 1.165) is 25.7 Å². The van der Waals surface area contributed by atoms with Gasteiger partial charge in [0.05, 0.1) is 6.04 Å². The highest BCUT2D eigenvalue weighted by molar-refractivity contribution is 5.77. The summed E-state index contributed by atoms with van der Waals surface area (Å²) in [6.45, 7) is 0. The van der Waals surface area contributed by atoms with Gasteiger partial charge in [-0.3, -0.25) is 4.79 Å². The Morgan fingerprint density at radius 1 is 1.26 bits per heavy atom. The molecule has 0 spiro atoms. The van der Waals surface area contributed by atoms with Crippen LogP contribution < -0.4 is 5.32 Å². The molecule has 19 heavy (non-hydrogen) atoms. The molecule has 0 radical (unpaired) electrons. The highest BCUT2D eigenvalue weighted by Crippen LogP contribution is 2.30. The highest BCUT2D eigenvalue weighted by atomic mass is 16.1. The van der Waals surface area contributed by atoms with Gasteiger partial charge in [-0.25, -0.2) is 0 Å². The van der Waals surface area contributed by atoms with Crippen LogP contribution >= 0.6 is 0 Å². The molecule has 1 aromatic carbocycles. The molecule has 0 aliphatic heterocycles. The molecule has 1 N–H and O–H groups in total. The Bertz CT molecular complexity index is 492. The number of hydrogen-bond acceptors (Lipinski definition) is 1. The van der Waals surface area contributed by atoms with E-state index >= 15 is 0 Å². The Balaban J connectivity index is 1.64. The van der Waals surface area contributed by atoms with Crippen molar-refractivity contribution in [2.75, 3.05) is 0 Å². The summed E-state index contributed by atoms with van der Waals surface area (Å²) >= 11 is 0. The molecular weight excluding hydrogens is 234 g/mol. The van der Waals surface area contributed by atoms with Gasteiger partial charge in [0, 0.05) is 6.42 Å². The molecule has 2 heteroatoms. The van der Waals surface area contributed by atoms with Crippen LogP contribution in [0.3, 0.4) is 0 Å². The number of amides is 1. The van der Waals surface area contributed by atoms with Gasteiger partial charge in [-0.15, -0.1) is 0 Å². The van der Waals surface area contributed by atoms with Crippen molar-refractivity contribution in [1.82, 2.24) is 5.32 Å². The van der Waals surface area contributed by atoms with Gasteiger partial charge in [0.25, 0.3) is 0 Å². The van der Waals surface area contributed by atoms with E-state index in [-0.39, 0.29) is 11.9 Å². The van der Waals surface area contributed by atoms with Crippen LogP contribution in [0.2, 0.25) is 0 Å². The molecule has 0 saturated carbocycles. The van der Waals surface area contributed by atoms with Crippen LogP contribution in [0.5, 0.6) is 0 Å². The van der Waals surface area contributed by atoms with Gasteiger partial charge in [0.15, 0.2) is 0 Å². The quantitative estimate of drug-likeness (QED) is 0.822. The SMILES string of the molecule is O=C(C[C@H]1C=CCC1)N[C@H]1CCCc2ccccc21. The van der Waals surface area contributed by atoms with E-state index in [0.29, 0.717) is 12.3 Å². The van der Waals surface area contributed by atoms with Crippen molar-refractivity contribution in [1.29, 1.82) is 0 Å². The van der Waals surface area contributed by atoms with Gasteiger partial charge in [-0.1, -0.05) is 36.4 Å². The van der Waals surface area contributed by atoms with Gasteiger partial charge >= 0.3 is 0 Å². The molecule has 0 fully saturated rings. The molecule has 2 nitrogen and oxygen atoms in total. The molecular formula is C17H21NO. The maximum atomic E-state index is 12.1. The molecule has 100 valence electrons. The second kappa shape index (κ2) is 5.60. The molecule has 2 atom stereocenters. The number of allylic oxidation sites excluding steroid dienone is 2. The maximum absolute atomic E-state index is 12.1. The summed E-state index contributed by atoms with van der Waals surface area (Å²) in [6, 6.07) is 8.74. The lowest BCUT2D eigenvalue weighted by molar-refractivity contribution is -0.122. The van der Waals surface area contributed by atoms with Gasteiger partial charge in [-0.05, 0) is 49.1 Å². The fourth-order valence-corrected chi connectivity index (χ4v) is 3.26. The van der Waals surface area contributed by atoms with E-state index in [1.54, 1.807) is 0 Å². The van der Waals surface area contributed by atoms with Gasteiger partial charge in [0.1, 0.15) is 0 Å². The lowest BCUT2D eigenvalue weighted by Gasteiger charge is -2.26. The molecule has 0 heterocycles. The van der Waals surface area contributed by atoms with E-state index in [1.807, 2.05) is 0 Å². The van der Waals surface area contributed by atoms with Crippen molar-refractivity contribution in [2.24, 2.45) is 5.92 Å².